The maximum atomic E-state index is 12.6. The fraction of sp³-hybridized carbons (Fsp3) is 0.188. The molecule has 9 nitrogen and oxygen atoms in total. The number of benzene rings is 1. The van der Waals surface area contributed by atoms with Crippen molar-refractivity contribution in [1.29, 1.82) is 5.26 Å². The first-order valence-corrected chi connectivity index (χ1v) is 8.97. The van der Waals surface area contributed by atoms with Crippen molar-refractivity contribution < 1.29 is 17.9 Å². The zero-order valence-corrected chi connectivity index (χ0v) is 14.8. The summed E-state index contributed by atoms with van der Waals surface area (Å²) >= 11 is 0. The summed E-state index contributed by atoms with van der Waals surface area (Å²) in [5.74, 6) is -0.541. The summed E-state index contributed by atoms with van der Waals surface area (Å²) in [5.41, 5.74) is 2.12. The Bertz CT molecular complexity index is 1140. The average molecular weight is 373 g/mol. The molecular weight excluding hydrogens is 358 g/mol. The van der Waals surface area contributed by atoms with E-state index >= 15 is 0 Å². The van der Waals surface area contributed by atoms with Gasteiger partial charge in [0.2, 0.25) is 0 Å². The molecule has 3 aromatic rings. The molecule has 0 aliphatic heterocycles. The minimum absolute atomic E-state index is 0.0952. The molecule has 10 heteroatoms. The number of carbonyl (C=O) groups is 1. The predicted octanol–water partition coefficient (Wildman–Crippen LogP) is 1.52. The van der Waals surface area contributed by atoms with Gasteiger partial charge in [0.15, 0.2) is 0 Å². The summed E-state index contributed by atoms with van der Waals surface area (Å²) < 4.78 is 33.4. The molecule has 0 saturated heterocycles. The van der Waals surface area contributed by atoms with E-state index in [1.54, 1.807) is 12.1 Å². The number of carbonyl (C=O) groups excluding carboxylic acids is 1. The van der Waals surface area contributed by atoms with Crippen LogP contribution in [0.2, 0.25) is 0 Å². The van der Waals surface area contributed by atoms with Gasteiger partial charge < -0.3 is 9.72 Å². The third kappa shape index (κ3) is 3.12. The maximum Gasteiger partial charge on any atom is 0.327 e. The molecule has 0 unspecified atom stereocenters. The molecule has 0 radical (unpaired) electrons. The van der Waals surface area contributed by atoms with Gasteiger partial charge in [-0.15, -0.1) is 0 Å². The lowest BCUT2D eigenvalue weighted by Crippen LogP contribution is -2.14. The molecule has 1 aromatic carbocycles. The quantitative estimate of drug-likeness (QED) is 0.652. The Kier molecular flexibility index (Phi) is 4.40. The number of aromatic amines is 1. The standard InChI is InChI=1S/C16H15N5O4S/c1-10-3-4-13(16-15(10)11(5-17)6-18-16)20-26(23,24)12-7-19-21(8-12)9-14(22)25-2/h3-4,6-8,18,20H,9H2,1-2H3. The second-order valence-corrected chi connectivity index (χ2v) is 7.23. The van der Waals surface area contributed by atoms with E-state index < -0.39 is 16.0 Å². The molecule has 0 bridgehead atoms. The Hall–Kier alpha value is -3.32. The molecule has 134 valence electrons. The van der Waals surface area contributed by atoms with Crippen LogP contribution in [0.15, 0.2) is 35.6 Å². The molecule has 0 amide bonds. The van der Waals surface area contributed by atoms with Crippen LogP contribution in [0.5, 0.6) is 0 Å². The number of fused-ring (bicyclic) bond motifs is 1. The highest BCUT2D eigenvalue weighted by molar-refractivity contribution is 7.92. The highest BCUT2D eigenvalue weighted by Gasteiger charge is 2.20. The van der Waals surface area contributed by atoms with Gasteiger partial charge in [-0.2, -0.15) is 10.4 Å². The number of rotatable bonds is 5. The highest BCUT2D eigenvalue weighted by atomic mass is 32.2. The molecule has 2 heterocycles. The van der Waals surface area contributed by atoms with E-state index in [0.29, 0.717) is 22.2 Å². The number of anilines is 1. The van der Waals surface area contributed by atoms with Crippen molar-refractivity contribution in [3.8, 4) is 6.07 Å². The molecule has 0 aliphatic rings. The number of H-pyrrole nitrogens is 1. The van der Waals surface area contributed by atoms with Crippen LogP contribution in [0.25, 0.3) is 10.9 Å². The van der Waals surface area contributed by atoms with Crippen LogP contribution >= 0.6 is 0 Å². The van der Waals surface area contributed by atoms with E-state index in [0.717, 1.165) is 11.8 Å². The first-order valence-electron chi connectivity index (χ1n) is 7.48. The number of hydrogen-bond donors (Lipinski definition) is 2. The molecule has 0 fully saturated rings. The van der Waals surface area contributed by atoms with Gasteiger partial charge in [0.05, 0.1) is 30.1 Å². The Morgan fingerprint density at radius 3 is 2.92 bits per heavy atom. The van der Waals surface area contributed by atoms with E-state index in [9.17, 15) is 18.5 Å². The first kappa shape index (κ1) is 17.5. The third-order valence-corrected chi connectivity index (χ3v) is 5.17. The SMILES string of the molecule is COC(=O)Cn1cc(S(=O)(=O)Nc2ccc(C)c3c(C#N)c[nH]c23)cn1. The summed E-state index contributed by atoms with van der Waals surface area (Å²) in [7, 11) is -2.69. The molecule has 2 aromatic heterocycles. The molecule has 2 N–H and O–H groups in total. The van der Waals surface area contributed by atoms with Crippen molar-refractivity contribution >= 4 is 32.6 Å². The lowest BCUT2D eigenvalue weighted by Gasteiger charge is -2.09. The van der Waals surface area contributed by atoms with Crippen LogP contribution in [0.4, 0.5) is 5.69 Å². The van der Waals surface area contributed by atoms with E-state index in [4.69, 9.17) is 0 Å². The Morgan fingerprint density at radius 2 is 2.23 bits per heavy atom. The van der Waals surface area contributed by atoms with Crippen molar-refractivity contribution in [3.05, 3.63) is 41.9 Å². The van der Waals surface area contributed by atoms with Crippen molar-refractivity contribution in [2.45, 2.75) is 18.4 Å². The second kappa shape index (κ2) is 6.53. The highest BCUT2D eigenvalue weighted by Crippen LogP contribution is 2.29. The molecule has 0 saturated carbocycles. The maximum absolute atomic E-state index is 12.6. The Morgan fingerprint density at radius 1 is 1.46 bits per heavy atom. The van der Waals surface area contributed by atoms with E-state index in [1.165, 1.54) is 24.2 Å². The lowest BCUT2D eigenvalue weighted by atomic mass is 10.1. The minimum Gasteiger partial charge on any atom is -0.468 e. The van der Waals surface area contributed by atoms with Crippen LogP contribution in [0.1, 0.15) is 11.1 Å². The lowest BCUT2D eigenvalue weighted by molar-refractivity contribution is -0.141. The number of ether oxygens (including phenoxy) is 1. The van der Waals surface area contributed by atoms with Crippen LogP contribution in [-0.2, 0) is 26.1 Å². The van der Waals surface area contributed by atoms with Crippen molar-refractivity contribution in [2.75, 3.05) is 11.8 Å². The van der Waals surface area contributed by atoms with E-state index in [2.05, 4.69) is 25.6 Å². The number of nitrogens with zero attached hydrogens (tertiary/aromatic N) is 3. The molecule has 26 heavy (non-hydrogen) atoms. The smallest absolute Gasteiger partial charge is 0.327 e. The number of esters is 1. The summed E-state index contributed by atoms with van der Waals surface area (Å²) in [6.07, 6.45) is 3.91. The number of aryl methyl sites for hydroxylation is 1. The van der Waals surface area contributed by atoms with Gasteiger partial charge in [0.25, 0.3) is 10.0 Å². The number of nitrogens with one attached hydrogen (secondary N) is 2. The topological polar surface area (TPSA) is 130 Å². The Balaban J connectivity index is 1.95. The van der Waals surface area contributed by atoms with Crippen molar-refractivity contribution in [2.24, 2.45) is 0 Å². The average Bonchev–Trinajstić information content (AvgIpc) is 3.24. The van der Waals surface area contributed by atoms with E-state index in [1.807, 2.05) is 6.92 Å². The van der Waals surface area contributed by atoms with Gasteiger partial charge >= 0.3 is 5.97 Å². The summed E-state index contributed by atoms with van der Waals surface area (Å²) in [6, 6.07) is 5.42. The van der Waals surface area contributed by atoms with Crippen molar-refractivity contribution in [1.82, 2.24) is 14.8 Å². The number of nitriles is 1. The molecule has 3 rings (SSSR count). The predicted molar refractivity (Wildman–Crippen MR) is 92.8 cm³/mol. The monoisotopic (exact) mass is 373 g/mol. The first-order chi connectivity index (χ1) is 12.4. The number of aromatic nitrogens is 3. The van der Waals surface area contributed by atoms with Gasteiger partial charge in [-0.3, -0.25) is 14.2 Å². The van der Waals surface area contributed by atoms with Gasteiger partial charge in [-0.05, 0) is 18.6 Å². The summed E-state index contributed by atoms with van der Waals surface area (Å²) in [6.45, 7) is 1.65. The molecular formula is C16H15N5O4S. The van der Waals surface area contributed by atoms with Gasteiger partial charge in [0.1, 0.15) is 17.5 Å². The number of hydrogen-bond acceptors (Lipinski definition) is 6. The van der Waals surface area contributed by atoms with Gasteiger partial charge in [-0.25, -0.2) is 8.42 Å². The van der Waals surface area contributed by atoms with Crippen molar-refractivity contribution in [3.63, 3.8) is 0 Å². The summed E-state index contributed by atoms with van der Waals surface area (Å²) in [5, 5.41) is 13.7. The van der Waals surface area contributed by atoms with Crippen LogP contribution in [-0.4, -0.2) is 36.3 Å². The normalized spacial score (nSPS) is 11.3. The molecule has 0 atom stereocenters. The fourth-order valence-corrected chi connectivity index (χ4v) is 3.59. The largest absolute Gasteiger partial charge is 0.468 e. The molecule has 0 aliphatic carbocycles. The zero-order valence-electron chi connectivity index (χ0n) is 14.0. The molecule has 0 spiro atoms. The Labute approximate surface area is 149 Å². The van der Waals surface area contributed by atoms with Crippen LogP contribution in [0, 0.1) is 18.3 Å². The van der Waals surface area contributed by atoms with Crippen LogP contribution in [0.3, 0.4) is 0 Å². The fourth-order valence-electron chi connectivity index (χ4n) is 2.56. The zero-order chi connectivity index (χ0) is 18.9. The minimum atomic E-state index is -3.93. The van der Waals surface area contributed by atoms with Gasteiger partial charge in [-0.1, -0.05) is 6.07 Å². The van der Waals surface area contributed by atoms with Crippen LogP contribution < -0.4 is 4.72 Å². The van der Waals surface area contributed by atoms with E-state index in [-0.39, 0.29) is 11.4 Å². The number of methoxy groups -OCH3 is 1. The van der Waals surface area contributed by atoms with Gasteiger partial charge in [0, 0.05) is 17.8 Å². The number of sulfonamides is 1. The third-order valence-electron chi connectivity index (χ3n) is 3.85. The summed E-state index contributed by atoms with van der Waals surface area (Å²) in [4.78, 5) is 14.1. The second-order valence-electron chi connectivity index (χ2n) is 5.55.